The molecule has 3 rings (SSSR count). The van der Waals surface area contributed by atoms with E-state index < -0.39 is 0 Å². The number of hydrogen-bond donors (Lipinski definition) is 2. The minimum atomic E-state index is -0.135. The van der Waals surface area contributed by atoms with E-state index in [1.807, 2.05) is 0 Å². The molecule has 1 fully saturated rings. The zero-order valence-corrected chi connectivity index (χ0v) is 13.7. The van der Waals surface area contributed by atoms with Gasteiger partial charge in [0.15, 0.2) is 0 Å². The molecule has 0 aliphatic carbocycles. The topological polar surface area (TPSA) is 86.9 Å². The second-order valence-electron chi connectivity index (χ2n) is 6.11. The van der Waals surface area contributed by atoms with Gasteiger partial charge in [-0.3, -0.25) is 14.0 Å². The van der Waals surface area contributed by atoms with Gasteiger partial charge in [0.25, 0.3) is 5.91 Å². The maximum absolute atomic E-state index is 12.7. The van der Waals surface area contributed by atoms with Gasteiger partial charge in [-0.25, -0.2) is 4.98 Å². The molecule has 0 saturated carbocycles. The van der Waals surface area contributed by atoms with Crippen LogP contribution in [0.15, 0.2) is 24.4 Å². The maximum atomic E-state index is 12.7. The van der Waals surface area contributed by atoms with Crippen LogP contribution in [0.3, 0.4) is 0 Å². The zero-order valence-electron chi connectivity index (χ0n) is 13.7. The van der Waals surface area contributed by atoms with Crippen LogP contribution in [-0.2, 0) is 4.79 Å². The summed E-state index contributed by atoms with van der Waals surface area (Å²) in [6, 6.07) is 5.37. The van der Waals surface area contributed by atoms with Crippen LogP contribution in [0.4, 0.5) is 5.82 Å². The Kier molecular flexibility index (Phi) is 4.80. The average molecular weight is 330 g/mol. The monoisotopic (exact) mass is 330 g/mol. The Morgan fingerprint density at radius 3 is 3.00 bits per heavy atom. The number of carbonyl (C=O) groups excluding carboxylic acids is 2. The van der Waals surface area contributed by atoms with Gasteiger partial charge >= 0.3 is 0 Å². The Morgan fingerprint density at radius 2 is 2.25 bits per heavy atom. The lowest BCUT2D eigenvalue weighted by Gasteiger charge is -2.31. The number of nitrogens with one attached hydrogen (secondary N) is 1. The van der Waals surface area contributed by atoms with Gasteiger partial charge in [-0.15, -0.1) is 0 Å². The first-order valence-corrected chi connectivity index (χ1v) is 8.30. The molecule has 1 unspecified atom stereocenters. The van der Waals surface area contributed by atoms with Gasteiger partial charge < -0.3 is 15.3 Å². The first-order valence-electron chi connectivity index (χ1n) is 8.30. The van der Waals surface area contributed by atoms with E-state index in [0.717, 1.165) is 12.8 Å². The summed E-state index contributed by atoms with van der Waals surface area (Å²) < 4.78 is 1.72. The molecular formula is C17H22N4O3. The molecule has 3 heterocycles. The van der Waals surface area contributed by atoms with Crippen LogP contribution in [-0.4, -0.2) is 50.9 Å². The Labute approximate surface area is 140 Å². The summed E-state index contributed by atoms with van der Waals surface area (Å²) in [4.78, 5) is 30.5. The number of likely N-dealkylation sites (tertiary alicyclic amines) is 1. The molecule has 1 aliphatic rings. The molecule has 2 amide bonds. The van der Waals surface area contributed by atoms with Crippen LogP contribution in [0.1, 0.15) is 36.7 Å². The van der Waals surface area contributed by atoms with E-state index in [9.17, 15) is 14.7 Å². The van der Waals surface area contributed by atoms with Gasteiger partial charge in [0, 0.05) is 32.3 Å². The number of nitrogens with zero attached hydrogens (tertiary/aromatic N) is 3. The third-order valence-corrected chi connectivity index (χ3v) is 4.36. The Bertz CT molecular complexity index is 755. The number of aliphatic hydroxyl groups excluding tert-OH is 1. The second-order valence-corrected chi connectivity index (χ2v) is 6.11. The molecular weight excluding hydrogens is 308 g/mol. The van der Waals surface area contributed by atoms with Gasteiger partial charge in [0.1, 0.15) is 17.2 Å². The van der Waals surface area contributed by atoms with E-state index in [1.54, 1.807) is 40.6 Å². The first-order chi connectivity index (χ1) is 11.6. The van der Waals surface area contributed by atoms with Gasteiger partial charge in [0.2, 0.25) is 5.91 Å². The molecule has 0 radical (unpaired) electrons. The van der Waals surface area contributed by atoms with Crippen molar-refractivity contribution in [2.75, 3.05) is 25.0 Å². The number of piperidine rings is 1. The van der Waals surface area contributed by atoms with Crippen molar-refractivity contribution >= 4 is 23.3 Å². The number of rotatable bonds is 4. The number of anilines is 1. The van der Waals surface area contributed by atoms with Crippen LogP contribution >= 0.6 is 0 Å². The normalized spacial score (nSPS) is 17.9. The van der Waals surface area contributed by atoms with Gasteiger partial charge in [-0.2, -0.15) is 0 Å². The smallest absolute Gasteiger partial charge is 0.274 e. The number of imidazole rings is 1. The van der Waals surface area contributed by atoms with Crippen molar-refractivity contribution in [3.63, 3.8) is 0 Å². The highest BCUT2D eigenvalue weighted by atomic mass is 16.3. The Hall–Kier alpha value is -2.41. The largest absolute Gasteiger partial charge is 0.396 e. The van der Waals surface area contributed by atoms with E-state index in [1.165, 1.54) is 0 Å². The first kappa shape index (κ1) is 16.4. The van der Waals surface area contributed by atoms with Crippen molar-refractivity contribution in [2.24, 2.45) is 5.92 Å². The summed E-state index contributed by atoms with van der Waals surface area (Å²) in [5.74, 6) is 0.507. The maximum Gasteiger partial charge on any atom is 0.274 e. The Balaban J connectivity index is 1.86. The minimum absolute atomic E-state index is 0.0918. The predicted molar refractivity (Wildman–Crippen MR) is 89.8 cm³/mol. The molecule has 1 atom stereocenters. The summed E-state index contributed by atoms with van der Waals surface area (Å²) in [5.41, 5.74) is 0.967. The highest BCUT2D eigenvalue weighted by Crippen LogP contribution is 2.19. The van der Waals surface area contributed by atoms with Gasteiger partial charge in [-0.1, -0.05) is 13.0 Å². The lowest BCUT2D eigenvalue weighted by atomic mass is 9.99. The average Bonchev–Trinajstić information content (AvgIpc) is 3.06. The second kappa shape index (κ2) is 7.00. The number of carbonyl (C=O) groups is 2. The van der Waals surface area contributed by atoms with E-state index in [4.69, 9.17) is 0 Å². The molecule has 2 aromatic heterocycles. The highest BCUT2D eigenvalue weighted by Gasteiger charge is 2.25. The highest BCUT2D eigenvalue weighted by molar-refractivity contribution is 5.94. The zero-order chi connectivity index (χ0) is 17.1. The quantitative estimate of drug-likeness (QED) is 0.890. The molecule has 1 saturated heterocycles. The fourth-order valence-corrected chi connectivity index (χ4v) is 3.01. The summed E-state index contributed by atoms with van der Waals surface area (Å²) >= 11 is 0. The fraction of sp³-hybridized carbons (Fsp3) is 0.471. The van der Waals surface area contributed by atoms with Gasteiger partial charge in [-0.05, 0) is 30.9 Å². The standard InChI is InChI=1S/C17H22N4O3/c1-2-16(23)19-15-7-3-6-14-18-13(10-21(14)15)17(24)20-8-4-5-12(9-20)11-22/h3,6-7,10,12,22H,2,4-5,8-9,11H2,1H3,(H,19,23). The third-order valence-electron chi connectivity index (χ3n) is 4.36. The molecule has 7 nitrogen and oxygen atoms in total. The van der Waals surface area contributed by atoms with Crippen molar-refractivity contribution in [3.8, 4) is 0 Å². The summed E-state index contributed by atoms with van der Waals surface area (Å²) in [7, 11) is 0. The third kappa shape index (κ3) is 3.26. The van der Waals surface area contributed by atoms with Crippen molar-refractivity contribution in [3.05, 3.63) is 30.1 Å². The van der Waals surface area contributed by atoms with Crippen LogP contribution in [0.25, 0.3) is 5.65 Å². The SMILES string of the molecule is CCC(=O)Nc1cccc2nc(C(=O)N3CCCC(CO)C3)cn12. The molecule has 2 aromatic rings. The minimum Gasteiger partial charge on any atom is -0.396 e. The molecule has 0 bridgehead atoms. The van der Waals surface area contributed by atoms with Crippen LogP contribution in [0, 0.1) is 5.92 Å². The number of aromatic nitrogens is 2. The summed E-state index contributed by atoms with van der Waals surface area (Å²) in [5, 5.41) is 12.1. The molecule has 7 heteroatoms. The van der Waals surface area contributed by atoms with Crippen LogP contribution < -0.4 is 5.32 Å². The summed E-state index contributed by atoms with van der Waals surface area (Å²) in [6.07, 6.45) is 3.87. The predicted octanol–water partition coefficient (Wildman–Crippen LogP) is 1.53. The molecule has 24 heavy (non-hydrogen) atoms. The number of pyridine rings is 1. The van der Waals surface area contributed by atoms with E-state index in [0.29, 0.717) is 36.7 Å². The van der Waals surface area contributed by atoms with Crippen molar-refractivity contribution in [1.29, 1.82) is 0 Å². The number of aliphatic hydroxyl groups is 1. The summed E-state index contributed by atoms with van der Waals surface area (Å²) in [6.45, 7) is 3.12. The number of hydrogen-bond acceptors (Lipinski definition) is 4. The molecule has 0 spiro atoms. The lowest BCUT2D eigenvalue weighted by molar-refractivity contribution is -0.115. The molecule has 1 aliphatic heterocycles. The van der Waals surface area contributed by atoms with E-state index >= 15 is 0 Å². The van der Waals surface area contributed by atoms with E-state index in [2.05, 4.69) is 10.3 Å². The molecule has 0 aromatic carbocycles. The lowest BCUT2D eigenvalue weighted by Crippen LogP contribution is -2.41. The fourth-order valence-electron chi connectivity index (χ4n) is 3.01. The van der Waals surface area contributed by atoms with Crippen molar-refractivity contribution in [1.82, 2.24) is 14.3 Å². The van der Waals surface area contributed by atoms with Gasteiger partial charge in [0.05, 0.1) is 0 Å². The molecule has 128 valence electrons. The number of amides is 2. The Morgan fingerprint density at radius 1 is 1.42 bits per heavy atom. The molecule has 2 N–H and O–H groups in total. The van der Waals surface area contributed by atoms with E-state index in [-0.39, 0.29) is 24.3 Å². The van der Waals surface area contributed by atoms with Crippen molar-refractivity contribution in [2.45, 2.75) is 26.2 Å². The van der Waals surface area contributed by atoms with Crippen LogP contribution in [0.5, 0.6) is 0 Å². The van der Waals surface area contributed by atoms with Crippen LogP contribution in [0.2, 0.25) is 0 Å². The number of fused-ring (bicyclic) bond motifs is 1. The van der Waals surface area contributed by atoms with Crippen molar-refractivity contribution < 1.29 is 14.7 Å².